The molecule has 3 aliphatic rings. The number of nitrogens with zero attached hydrogens (tertiary/aromatic N) is 1. The van der Waals surface area contributed by atoms with Gasteiger partial charge in [-0.05, 0) is 61.6 Å². The third-order valence-corrected chi connectivity index (χ3v) is 7.32. The molecule has 2 aliphatic carbocycles. The molecule has 0 unspecified atom stereocenters. The van der Waals surface area contributed by atoms with Gasteiger partial charge < -0.3 is 10.1 Å². The Balaban J connectivity index is 1.41. The second-order valence-corrected chi connectivity index (χ2v) is 9.65. The molecule has 2 saturated carbocycles. The van der Waals surface area contributed by atoms with Crippen molar-refractivity contribution < 1.29 is 23.9 Å². The van der Waals surface area contributed by atoms with Crippen LogP contribution in [-0.4, -0.2) is 41.2 Å². The smallest absolute Gasteiger partial charge is 0.330 e. The topological polar surface area (TPSA) is 92.8 Å². The van der Waals surface area contributed by atoms with E-state index in [9.17, 15) is 19.2 Å². The molecule has 8 heteroatoms. The molecule has 1 heterocycles. The van der Waals surface area contributed by atoms with Crippen LogP contribution in [0.25, 0.3) is 0 Å². The summed E-state index contributed by atoms with van der Waals surface area (Å²) in [5.41, 5.74) is 1.37. The monoisotopic (exact) mass is 446 g/mol. The summed E-state index contributed by atoms with van der Waals surface area (Å²) in [6.07, 6.45) is 2.87. The first-order chi connectivity index (χ1) is 14.7. The molecule has 1 aliphatic heterocycles. The number of aryl methyl sites for hydroxylation is 1. The zero-order valence-electron chi connectivity index (χ0n) is 17.9. The molecule has 166 valence electrons. The van der Waals surface area contributed by atoms with Gasteiger partial charge in [-0.2, -0.15) is 0 Å². The number of amides is 3. The molecule has 1 N–H and O–H groups in total. The van der Waals surface area contributed by atoms with Gasteiger partial charge in [0.1, 0.15) is 6.04 Å². The number of anilines is 1. The summed E-state index contributed by atoms with van der Waals surface area (Å²) in [7, 11) is 0. The van der Waals surface area contributed by atoms with Crippen LogP contribution in [0.2, 0.25) is 5.02 Å². The van der Waals surface area contributed by atoms with Crippen molar-refractivity contribution in [1.82, 2.24) is 4.90 Å². The van der Waals surface area contributed by atoms with E-state index in [0.717, 1.165) is 29.7 Å². The molecule has 3 fully saturated rings. The van der Waals surface area contributed by atoms with E-state index in [2.05, 4.69) is 5.32 Å². The summed E-state index contributed by atoms with van der Waals surface area (Å²) in [4.78, 5) is 52.4. The van der Waals surface area contributed by atoms with Crippen molar-refractivity contribution in [1.29, 1.82) is 0 Å². The van der Waals surface area contributed by atoms with E-state index in [4.69, 9.17) is 16.3 Å². The molecule has 1 aromatic rings. The number of fused-ring (bicyclic) bond motifs is 5. The van der Waals surface area contributed by atoms with Gasteiger partial charge in [0.15, 0.2) is 6.61 Å². The van der Waals surface area contributed by atoms with Crippen molar-refractivity contribution >= 4 is 41.0 Å². The Morgan fingerprint density at radius 1 is 1.16 bits per heavy atom. The number of nitrogens with one attached hydrogen (secondary N) is 1. The lowest BCUT2D eigenvalue weighted by molar-refractivity contribution is -0.162. The molecule has 0 aromatic heterocycles. The van der Waals surface area contributed by atoms with Crippen LogP contribution in [0, 0.1) is 36.5 Å². The SMILES string of the molecule is Cc1ccc(NC(=O)COC(=O)[C@H](C(C)C)N2C(=O)[C@@H]3[C@H]4CC[C@@H](C4)[C@@H]3C2=O)cc1Cl. The average Bonchev–Trinajstić information content (AvgIpc) is 3.39. The summed E-state index contributed by atoms with van der Waals surface area (Å²) in [5, 5.41) is 3.14. The Kier molecular flexibility index (Phi) is 5.81. The van der Waals surface area contributed by atoms with Gasteiger partial charge in [-0.15, -0.1) is 0 Å². The maximum Gasteiger partial charge on any atom is 0.330 e. The van der Waals surface area contributed by atoms with Crippen LogP contribution in [0.4, 0.5) is 5.69 Å². The second kappa shape index (κ2) is 8.26. The summed E-state index contributed by atoms with van der Waals surface area (Å²) in [6.45, 7) is 4.87. The van der Waals surface area contributed by atoms with Crippen molar-refractivity contribution in [2.75, 3.05) is 11.9 Å². The molecule has 1 aromatic carbocycles. The number of rotatable bonds is 6. The first-order valence-corrected chi connectivity index (χ1v) is 11.2. The third-order valence-electron chi connectivity index (χ3n) is 6.91. The molecule has 0 spiro atoms. The van der Waals surface area contributed by atoms with Crippen LogP contribution in [0.3, 0.4) is 0 Å². The quantitative estimate of drug-likeness (QED) is 0.535. The zero-order chi connectivity index (χ0) is 22.4. The number of esters is 1. The molecule has 0 radical (unpaired) electrons. The standard InChI is InChI=1S/C23H27ClN2O5/c1-11(2)20(26-21(28)18-13-5-6-14(8-13)19(18)22(26)29)23(30)31-10-17(27)25-15-7-4-12(3)16(24)9-15/h4,7,9,11,13-14,18-20H,5-6,8,10H2,1-3H3,(H,25,27)/t13-,14-,18-,19+,20-/m0/s1. The minimum atomic E-state index is -1.02. The first kappa shape index (κ1) is 21.8. The van der Waals surface area contributed by atoms with Crippen LogP contribution in [-0.2, 0) is 23.9 Å². The normalized spacial score (nSPS) is 27.6. The van der Waals surface area contributed by atoms with E-state index in [1.165, 1.54) is 0 Å². The molecular formula is C23H27ClN2O5. The van der Waals surface area contributed by atoms with Crippen molar-refractivity contribution in [2.24, 2.45) is 29.6 Å². The fourth-order valence-electron chi connectivity index (χ4n) is 5.47. The van der Waals surface area contributed by atoms with Gasteiger partial charge in [0.25, 0.3) is 5.91 Å². The summed E-state index contributed by atoms with van der Waals surface area (Å²) >= 11 is 6.06. The van der Waals surface area contributed by atoms with Crippen LogP contribution in [0.5, 0.6) is 0 Å². The largest absolute Gasteiger partial charge is 0.454 e. The first-order valence-electron chi connectivity index (χ1n) is 10.8. The van der Waals surface area contributed by atoms with Crippen molar-refractivity contribution in [3.05, 3.63) is 28.8 Å². The minimum absolute atomic E-state index is 0.243. The van der Waals surface area contributed by atoms with Crippen molar-refractivity contribution in [3.8, 4) is 0 Å². The van der Waals surface area contributed by atoms with Crippen molar-refractivity contribution in [3.63, 3.8) is 0 Å². The van der Waals surface area contributed by atoms with Gasteiger partial charge in [0, 0.05) is 10.7 Å². The Hall–Kier alpha value is -2.41. The molecule has 31 heavy (non-hydrogen) atoms. The Labute approximate surface area is 186 Å². The molecular weight excluding hydrogens is 420 g/mol. The predicted octanol–water partition coefficient (Wildman–Crippen LogP) is 3.19. The highest BCUT2D eigenvalue weighted by molar-refractivity contribution is 6.31. The molecule has 1 saturated heterocycles. The Morgan fingerprint density at radius 2 is 1.77 bits per heavy atom. The summed E-state index contributed by atoms with van der Waals surface area (Å²) in [6, 6.07) is 4.06. The third kappa shape index (κ3) is 3.84. The van der Waals surface area contributed by atoms with Crippen LogP contribution in [0.1, 0.15) is 38.7 Å². The number of hydrogen-bond donors (Lipinski definition) is 1. The molecule has 4 rings (SSSR count). The Morgan fingerprint density at radius 3 is 2.32 bits per heavy atom. The lowest BCUT2D eigenvalue weighted by atomic mass is 9.81. The van der Waals surface area contributed by atoms with E-state index in [1.54, 1.807) is 32.0 Å². The van der Waals surface area contributed by atoms with E-state index < -0.39 is 24.5 Å². The van der Waals surface area contributed by atoms with Gasteiger partial charge in [0.05, 0.1) is 11.8 Å². The van der Waals surface area contributed by atoms with E-state index in [-0.39, 0.29) is 41.4 Å². The van der Waals surface area contributed by atoms with Gasteiger partial charge in [0.2, 0.25) is 11.8 Å². The highest BCUT2D eigenvalue weighted by Gasteiger charge is 2.62. The number of carbonyl (C=O) groups excluding carboxylic acids is 4. The highest BCUT2D eigenvalue weighted by Crippen LogP contribution is 2.56. The highest BCUT2D eigenvalue weighted by atomic mass is 35.5. The number of ether oxygens (including phenoxy) is 1. The Bertz CT molecular complexity index is 918. The predicted molar refractivity (Wildman–Crippen MR) is 114 cm³/mol. The number of hydrogen-bond acceptors (Lipinski definition) is 5. The van der Waals surface area contributed by atoms with E-state index in [1.807, 2.05) is 6.92 Å². The average molecular weight is 447 g/mol. The number of halogens is 1. The van der Waals surface area contributed by atoms with Crippen LogP contribution >= 0.6 is 11.6 Å². The number of benzene rings is 1. The van der Waals surface area contributed by atoms with Gasteiger partial charge in [-0.3, -0.25) is 19.3 Å². The van der Waals surface area contributed by atoms with Crippen LogP contribution in [0.15, 0.2) is 18.2 Å². The van der Waals surface area contributed by atoms with Gasteiger partial charge in [-0.1, -0.05) is 31.5 Å². The molecule has 2 bridgehead atoms. The second-order valence-electron chi connectivity index (χ2n) is 9.24. The fourth-order valence-corrected chi connectivity index (χ4v) is 5.65. The number of imide groups is 1. The molecule has 5 atom stereocenters. The van der Waals surface area contributed by atoms with Gasteiger partial charge >= 0.3 is 5.97 Å². The van der Waals surface area contributed by atoms with Crippen molar-refractivity contribution in [2.45, 2.75) is 46.1 Å². The van der Waals surface area contributed by atoms with Gasteiger partial charge in [-0.25, -0.2) is 4.79 Å². The number of carbonyl (C=O) groups is 4. The van der Waals surface area contributed by atoms with Crippen LogP contribution < -0.4 is 5.32 Å². The van der Waals surface area contributed by atoms with E-state index >= 15 is 0 Å². The number of likely N-dealkylation sites (tertiary alicyclic amines) is 1. The maximum atomic E-state index is 13.1. The fraction of sp³-hybridized carbons (Fsp3) is 0.565. The maximum absolute atomic E-state index is 13.1. The molecule has 3 amide bonds. The minimum Gasteiger partial charge on any atom is -0.454 e. The summed E-state index contributed by atoms with van der Waals surface area (Å²) in [5.74, 6) is -2.19. The lowest BCUT2D eigenvalue weighted by Crippen LogP contribution is -2.50. The molecule has 7 nitrogen and oxygen atoms in total. The zero-order valence-corrected chi connectivity index (χ0v) is 18.6. The lowest BCUT2D eigenvalue weighted by Gasteiger charge is -2.28. The summed E-state index contributed by atoms with van der Waals surface area (Å²) < 4.78 is 5.22. The van der Waals surface area contributed by atoms with E-state index in [0.29, 0.717) is 10.7 Å².